The molecule has 0 aliphatic heterocycles. The predicted octanol–water partition coefficient (Wildman–Crippen LogP) is 3.86. The van der Waals surface area contributed by atoms with Gasteiger partial charge in [-0.1, -0.05) is 33.8 Å². The van der Waals surface area contributed by atoms with Crippen LogP contribution in [0.3, 0.4) is 0 Å². The molecule has 0 bridgehead atoms. The van der Waals surface area contributed by atoms with Crippen molar-refractivity contribution >= 4 is 5.91 Å². The van der Waals surface area contributed by atoms with E-state index in [2.05, 4.69) is 27.7 Å². The maximum atomic E-state index is 12.5. The maximum Gasteiger partial charge on any atom is 0.253 e. The Hall–Kier alpha value is -1.51. The van der Waals surface area contributed by atoms with Crippen LogP contribution in [-0.4, -0.2) is 31.0 Å². The van der Waals surface area contributed by atoms with E-state index in [1.165, 1.54) is 0 Å². The van der Waals surface area contributed by atoms with Crippen LogP contribution >= 0.6 is 0 Å². The summed E-state index contributed by atoms with van der Waals surface area (Å²) in [5.41, 5.74) is 1.82. The Bertz CT molecular complexity index is 461. The highest BCUT2D eigenvalue weighted by atomic mass is 16.5. The molecule has 3 nitrogen and oxygen atoms in total. The first kappa shape index (κ1) is 16.5. The normalized spacial score (nSPS) is 11.3. The molecular formula is C17H27NO2. The van der Waals surface area contributed by atoms with E-state index in [1.807, 2.05) is 30.0 Å². The molecule has 0 heterocycles. The van der Waals surface area contributed by atoms with E-state index in [-0.39, 0.29) is 11.3 Å². The highest BCUT2D eigenvalue weighted by molar-refractivity contribution is 5.94. The van der Waals surface area contributed by atoms with E-state index in [9.17, 15) is 4.79 Å². The third kappa shape index (κ3) is 3.75. The zero-order valence-corrected chi connectivity index (χ0v) is 13.6. The molecule has 20 heavy (non-hydrogen) atoms. The van der Waals surface area contributed by atoms with Crippen molar-refractivity contribution in [3.63, 3.8) is 0 Å². The zero-order chi connectivity index (χ0) is 15.3. The molecule has 3 heteroatoms. The second kappa shape index (κ2) is 6.78. The topological polar surface area (TPSA) is 29.5 Å². The van der Waals surface area contributed by atoms with E-state index in [0.29, 0.717) is 5.56 Å². The van der Waals surface area contributed by atoms with E-state index < -0.39 is 0 Å². The molecule has 0 atom stereocenters. The number of carbonyl (C=O) groups excluding carboxylic acids is 1. The molecular weight excluding hydrogens is 250 g/mol. The van der Waals surface area contributed by atoms with Crippen LogP contribution < -0.4 is 4.74 Å². The molecule has 0 fully saturated rings. The van der Waals surface area contributed by atoms with Crippen molar-refractivity contribution in [2.45, 2.75) is 46.5 Å². The number of hydrogen-bond acceptors (Lipinski definition) is 2. The van der Waals surface area contributed by atoms with Gasteiger partial charge in [-0.3, -0.25) is 4.79 Å². The van der Waals surface area contributed by atoms with E-state index in [1.54, 1.807) is 7.11 Å². The quantitative estimate of drug-likeness (QED) is 0.817. The summed E-state index contributed by atoms with van der Waals surface area (Å²) < 4.78 is 5.47. The molecule has 0 aliphatic rings. The SMILES string of the molecule is CCCN(CC)C(=O)c1ccc(C(C)(C)C)c(OC)c1. The van der Waals surface area contributed by atoms with Gasteiger partial charge in [0.05, 0.1) is 7.11 Å². The van der Waals surface area contributed by atoms with Crippen molar-refractivity contribution < 1.29 is 9.53 Å². The van der Waals surface area contributed by atoms with Crippen LogP contribution in [0.15, 0.2) is 18.2 Å². The van der Waals surface area contributed by atoms with Gasteiger partial charge in [0.2, 0.25) is 0 Å². The Morgan fingerprint density at radius 3 is 2.35 bits per heavy atom. The van der Waals surface area contributed by atoms with Crippen LogP contribution in [0.2, 0.25) is 0 Å². The van der Waals surface area contributed by atoms with Gasteiger partial charge in [-0.25, -0.2) is 0 Å². The molecule has 0 aromatic heterocycles. The molecule has 112 valence electrons. The average Bonchev–Trinajstić information content (AvgIpc) is 2.42. The minimum atomic E-state index is 0.000777. The summed E-state index contributed by atoms with van der Waals surface area (Å²) in [6.07, 6.45) is 0.969. The molecule has 0 radical (unpaired) electrons. The smallest absolute Gasteiger partial charge is 0.253 e. The summed E-state index contributed by atoms with van der Waals surface area (Å²) in [5, 5.41) is 0. The fourth-order valence-corrected chi connectivity index (χ4v) is 2.30. The lowest BCUT2D eigenvalue weighted by atomic mass is 9.85. The number of nitrogens with zero attached hydrogens (tertiary/aromatic N) is 1. The van der Waals surface area contributed by atoms with Gasteiger partial charge in [0, 0.05) is 18.7 Å². The first-order valence-electron chi connectivity index (χ1n) is 7.32. The summed E-state index contributed by atoms with van der Waals surface area (Å²) >= 11 is 0. The minimum absolute atomic E-state index is 0.000777. The van der Waals surface area contributed by atoms with Crippen LogP contribution in [0, 0.1) is 0 Å². The lowest BCUT2D eigenvalue weighted by Gasteiger charge is -2.24. The number of hydrogen-bond donors (Lipinski definition) is 0. The Labute approximate surface area is 122 Å². The first-order chi connectivity index (χ1) is 9.35. The summed E-state index contributed by atoms with van der Waals surface area (Å²) in [4.78, 5) is 14.3. The minimum Gasteiger partial charge on any atom is -0.496 e. The predicted molar refractivity (Wildman–Crippen MR) is 83.6 cm³/mol. The molecule has 0 spiro atoms. The first-order valence-corrected chi connectivity index (χ1v) is 7.32. The molecule has 1 aromatic rings. The highest BCUT2D eigenvalue weighted by Gasteiger charge is 2.21. The zero-order valence-electron chi connectivity index (χ0n) is 13.6. The lowest BCUT2D eigenvalue weighted by Crippen LogP contribution is -2.31. The van der Waals surface area contributed by atoms with Gasteiger partial charge in [-0.2, -0.15) is 0 Å². The molecule has 1 aromatic carbocycles. The van der Waals surface area contributed by atoms with Gasteiger partial charge < -0.3 is 9.64 Å². The van der Waals surface area contributed by atoms with Crippen molar-refractivity contribution in [3.05, 3.63) is 29.3 Å². The number of rotatable bonds is 5. The second-order valence-corrected chi connectivity index (χ2v) is 6.05. The van der Waals surface area contributed by atoms with Gasteiger partial charge in [0.25, 0.3) is 5.91 Å². The van der Waals surface area contributed by atoms with Gasteiger partial charge in [-0.15, -0.1) is 0 Å². The third-order valence-electron chi connectivity index (χ3n) is 3.42. The van der Waals surface area contributed by atoms with Crippen LogP contribution in [0.5, 0.6) is 5.75 Å². The molecule has 1 amide bonds. The second-order valence-electron chi connectivity index (χ2n) is 6.05. The Morgan fingerprint density at radius 1 is 1.25 bits per heavy atom. The number of methoxy groups -OCH3 is 1. The van der Waals surface area contributed by atoms with Crippen LogP contribution in [0.1, 0.15) is 57.0 Å². The number of ether oxygens (including phenoxy) is 1. The fraction of sp³-hybridized carbons (Fsp3) is 0.588. The van der Waals surface area contributed by atoms with Crippen LogP contribution in [0.4, 0.5) is 0 Å². The molecule has 1 rings (SSSR count). The largest absolute Gasteiger partial charge is 0.496 e. The molecule has 0 saturated carbocycles. The van der Waals surface area contributed by atoms with Crippen LogP contribution in [0.25, 0.3) is 0 Å². The summed E-state index contributed by atoms with van der Waals surface area (Å²) in [6, 6.07) is 5.77. The maximum absolute atomic E-state index is 12.5. The molecule has 0 aliphatic carbocycles. The fourth-order valence-electron chi connectivity index (χ4n) is 2.30. The molecule has 0 N–H and O–H groups in total. The van der Waals surface area contributed by atoms with Gasteiger partial charge in [-0.05, 0) is 36.5 Å². The number of carbonyl (C=O) groups is 1. The number of amides is 1. The standard InChI is InChI=1S/C17H27NO2/c1-7-11-18(8-2)16(19)13-9-10-14(17(3,4)5)15(12-13)20-6/h9-10,12H,7-8,11H2,1-6H3. The van der Waals surface area contributed by atoms with Gasteiger partial charge in [0.1, 0.15) is 5.75 Å². The van der Waals surface area contributed by atoms with Crippen molar-refractivity contribution in [1.82, 2.24) is 4.90 Å². The molecule has 0 saturated heterocycles. The Kier molecular flexibility index (Phi) is 5.61. The summed E-state index contributed by atoms with van der Waals surface area (Å²) in [6.45, 7) is 12.0. The van der Waals surface area contributed by atoms with Gasteiger partial charge in [0.15, 0.2) is 0 Å². The Balaban J connectivity index is 3.12. The van der Waals surface area contributed by atoms with E-state index in [4.69, 9.17) is 4.74 Å². The third-order valence-corrected chi connectivity index (χ3v) is 3.42. The van der Waals surface area contributed by atoms with Gasteiger partial charge >= 0.3 is 0 Å². The summed E-state index contributed by atoms with van der Waals surface area (Å²) in [7, 11) is 1.66. The molecule has 0 unspecified atom stereocenters. The lowest BCUT2D eigenvalue weighted by molar-refractivity contribution is 0.0764. The van der Waals surface area contributed by atoms with Crippen molar-refractivity contribution in [3.8, 4) is 5.75 Å². The monoisotopic (exact) mass is 277 g/mol. The number of benzene rings is 1. The average molecular weight is 277 g/mol. The van der Waals surface area contributed by atoms with E-state index >= 15 is 0 Å². The van der Waals surface area contributed by atoms with Crippen molar-refractivity contribution in [1.29, 1.82) is 0 Å². The van der Waals surface area contributed by atoms with Crippen molar-refractivity contribution in [2.24, 2.45) is 0 Å². The van der Waals surface area contributed by atoms with Crippen molar-refractivity contribution in [2.75, 3.05) is 20.2 Å². The van der Waals surface area contributed by atoms with Crippen LogP contribution in [-0.2, 0) is 5.41 Å². The summed E-state index contributed by atoms with van der Waals surface area (Å²) in [5.74, 6) is 0.865. The highest BCUT2D eigenvalue weighted by Crippen LogP contribution is 2.32. The Morgan fingerprint density at radius 2 is 1.90 bits per heavy atom. The van der Waals surface area contributed by atoms with E-state index in [0.717, 1.165) is 30.8 Å².